The Morgan fingerprint density at radius 1 is 0.741 bits per heavy atom. The highest BCUT2D eigenvalue weighted by atomic mass is 32.1. The van der Waals surface area contributed by atoms with E-state index in [1.165, 1.54) is 10.6 Å². The topological polar surface area (TPSA) is 42.5 Å². The maximum atomic E-state index is 5.40. The van der Waals surface area contributed by atoms with Crippen LogP contribution in [-0.4, -0.2) is 33.5 Å². The average Bonchev–Trinajstić information content (AvgIpc) is 2.66. The van der Waals surface area contributed by atoms with E-state index in [2.05, 4.69) is 24.5 Å². The molecular weight excluding hydrogens is 371 g/mol. The predicted molar refractivity (Wildman–Crippen MR) is 123 cm³/mol. The highest BCUT2D eigenvalue weighted by Gasteiger charge is 2.00. The number of hydrogen-bond donors (Lipinski definition) is 2. The molecule has 2 aromatic rings. The van der Waals surface area contributed by atoms with Crippen LogP contribution in [0.25, 0.3) is 0 Å². The zero-order chi connectivity index (χ0) is 19.9. The van der Waals surface area contributed by atoms with Crippen LogP contribution in [0.2, 0.25) is 10.6 Å². The van der Waals surface area contributed by atoms with E-state index in [9.17, 15) is 0 Å². The molecule has 0 atom stereocenters. The summed E-state index contributed by atoms with van der Waals surface area (Å²) in [5.74, 6) is 1.69. The molecule has 0 aliphatic rings. The van der Waals surface area contributed by atoms with Crippen molar-refractivity contribution < 1.29 is 9.47 Å². The number of ether oxygens (including phenoxy) is 2. The number of hydrogen-bond acceptors (Lipinski definition) is 3. The normalized spacial score (nSPS) is 9.48. The fraction of sp³-hybridized carbons (Fsp3) is 0.381. The average molecular weight is 403 g/mol. The zero-order valence-electron chi connectivity index (χ0n) is 16.9. The summed E-state index contributed by atoms with van der Waals surface area (Å²) < 4.78 is 10.8. The summed E-state index contributed by atoms with van der Waals surface area (Å²) in [5, 5.41) is 9.77. The Morgan fingerprint density at radius 3 is 1.37 bits per heavy atom. The van der Waals surface area contributed by atoms with Gasteiger partial charge in [-0.1, -0.05) is 13.8 Å². The second-order valence-corrected chi connectivity index (χ2v) is 8.96. The van der Waals surface area contributed by atoms with Crippen molar-refractivity contribution >= 4 is 43.9 Å². The van der Waals surface area contributed by atoms with Gasteiger partial charge in [-0.25, -0.2) is 0 Å². The summed E-state index contributed by atoms with van der Waals surface area (Å²) in [6, 6.07) is 15.3. The van der Waals surface area contributed by atoms with Crippen LogP contribution in [0, 0.1) is 0 Å². The van der Waals surface area contributed by atoms with Gasteiger partial charge in [-0.3, -0.25) is 0 Å². The Morgan fingerprint density at radius 2 is 1.11 bits per heavy atom. The van der Waals surface area contributed by atoms with E-state index in [0.29, 0.717) is 33.5 Å². The lowest BCUT2D eigenvalue weighted by Crippen LogP contribution is -2.18. The van der Waals surface area contributed by atoms with Crippen molar-refractivity contribution in [1.82, 2.24) is 0 Å². The Bertz CT molecular complexity index is 593. The predicted octanol–water partition coefficient (Wildman–Crippen LogP) is 5.59. The molecule has 0 saturated carbocycles. The molecule has 0 fully saturated rings. The molecule has 0 aliphatic carbocycles. The summed E-state index contributed by atoms with van der Waals surface area (Å²) in [6.07, 6.45) is 0. The molecule has 0 bridgehead atoms. The van der Waals surface area contributed by atoms with Crippen LogP contribution in [-0.2, 0) is 0 Å². The molecule has 27 heavy (non-hydrogen) atoms. The van der Waals surface area contributed by atoms with Gasteiger partial charge in [0.05, 0.1) is 13.2 Å². The molecule has 2 N–H and O–H groups in total. The summed E-state index contributed by atoms with van der Waals surface area (Å²) in [4.78, 5) is 0. The van der Waals surface area contributed by atoms with Crippen molar-refractivity contribution in [2.45, 2.75) is 38.3 Å². The third-order valence-corrected chi connectivity index (χ3v) is 5.17. The molecular formula is C21H31AlN2O2S. The van der Waals surface area contributed by atoms with Crippen molar-refractivity contribution in [3.05, 3.63) is 48.5 Å². The van der Waals surface area contributed by atoms with Crippen LogP contribution < -0.4 is 20.1 Å². The van der Waals surface area contributed by atoms with Gasteiger partial charge in [0.25, 0.3) is 0 Å². The van der Waals surface area contributed by atoms with Crippen LogP contribution in [0.15, 0.2) is 48.5 Å². The van der Waals surface area contributed by atoms with E-state index in [1.54, 1.807) is 0 Å². The summed E-state index contributed by atoms with van der Waals surface area (Å²) >= 11 is 5.73. The quantitative estimate of drug-likeness (QED) is 0.445. The lowest BCUT2D eigenvalue weighted by molar-refractivity contribution is 0.340. The van der Waals surface area contributed by atoms with Crippen LogP contribution in [0.4, 0.5) is 11.4 Å². The van der Waals surface area contributed by atoms with Gasteiger partial charge in [-0.05, 0) is 74.6 Å². The molecule has 0 radical (unpaired) electrons. The Kier molecular flexibility index (Phi) is 12.4. The lowest BCUT2D eigenvalue weighted by atomic mass is 10.3. The first-order valence-corrected chi connectivity index (χ1v) is 12.1. The third-order valence-electron chi connectivity index (χ3n) is 3.55. The molecule has 0 amide bonds. The Labute approximate surface area is 175 Å². The van der Waals surface area contributed by atoms with E-state index < -0.39 is 0 Å². The Hall–Kier alpha value is -1.74. The van der Waals surface area contributed by atoms with Crippen molar-refractivity contribution in [3.63, 3.8) is 0 Å². The van der Waals surface area contributed by atoms with Crippen molar-refractivity contribution in [1.29, 1.82) is 0 Å². The van der Waals surface area contributed by atoms with E-state index in [1.807, 2.05) is 62.4 Å². The number of nitrogens with one attached hydrogen (secondary N) is 2. The van der Waals surface area contributed by atoms with Gasteiger partial charge in [-0.2, -0.15) is 0 Å². The first-order chi connectivity index (χ1) is 13.1. The molecule has 2 aromatic carbocycles. The van der Waals surface area contributed by atoms with Crippen LogP contribution in [0.5, 0.6) is 11.5 Å². The molecule has 0 unspecified atom stereocenters. The minimum absolute atomic E-state index is 0.432. The number of thiocarbonyl (C=S) groups is 1. The molecule has 0 aliphatic heterocycles. The van der Waals surface area contributed by atoms with Gasteiger partial charge >= 0.3 is 0 Å². The van der Waals surface area contributed by atoms with Crippen LogP contribution in [0.3, 0.4) is 0 Å². The van der Waals surface area contributed by atoms with Crippen molar-refractivity contribution in [2.24, 2.45) is 0 Å². The lowest BCUT2D eigenvalue weighted by Gasteiger charge is -2.12. The monoisotopic (exact) mass is 402 g/mol. The van der Waals surface area contributed by atoms with E-state index in [-0.39, 0.29) is 0 Å². The SMILES string of the molecule is CCOc1ccc(NC(=S)Nc2ccc(OCC)cc2)cc1.C[CH2][AlH][CH2]C. The largest absolute Gasteiger partial charge is 0.494 e. The van der Waals surface area contributed by atoms with Crippen molar-refractivity contribution in [3.8, 4) is 11.5 Å². The van der Waals surface area contributed by atoms with Crippen LogP contribution >= 0.6 is 12.2 Å². The van der Waals surface area contributed by atoms with E-state index >= 15 is 0 Å². The molecule has 4 nitrogen and oxygen atoms in total. The molecule has 0 spiro atoms. The molecule has 0 saturated heterocycles. The maximum absolute atomic E-state index is 5.40. The van der Waals surface area contributed by atoms with Crippen LogP contribution in [0.1, 0.15) is 27.7 Å². The minimum Gasteiger partial charge on any atom is -0.494 e. The zero-order valence-corrected chi connectivity index (χ0v) is 19.1. The van der Waals surface area contributed by atoms with Crippen molar-refractivity contribution in [2.75, 3.05) is 23.8 Å². The maximum Gasteiger partial charge on any atom is 0.236 e. The summed E-state index contributed by atoms with van der Waals surface area (Å²) in [7, 11) is 0. The first kappa shape index (κ1) is 23.3. The standard InChI is InChI=1S/C17H20N2O2S.2C2H5.Al.H/c1-3-20-15-9-5-13(6-10-15)18-17(22)19-14-7-11-16(12-8-14)21-4-2;2*1-2;;/h5-12H,3-4H2,1-2H3,(H2,18,19,22);2*1H2,2H3;;. The number of anilines is 2. The first-order valence-electron chi connectivity index (χ1n) is 9.66. The van der Waals surface area contributed by atoms with E-state index in [4.69, 9.17) is 21.7 Å². The van der Waals surface area contributed by atoms with Gasteiger partial charge in [0.15, 0.2) is 5.11 Å². The smallest absolute Gasteiger partial charge is 0.236 e. The fourth-order valence-electron chi connectivity index (χ4n) is 2.25. The second-order valence-electron chi connectivity index (χ2n) is 5.85. The molecule has 0 aromatic heterocycles. The molecule has 0 heterocycles. The second kappa shape index (κ2) is 14.3. The fourth-order valence-corrected chi connectivity index (χ4v) is 3.19. The molecule has 146 valence electrons. The van der Waals surface area contributed by atoms with Gasteiger partial charge in [0.1, 0.15) is 11.5 Å². The Balaban J connectivity index is 0.000000646. The minimum atomic E-state index is 0.432. The molecule has 2 rings (SSSR count). The summed E-state index contributed by atoms with van der Waals surface area (Å²) in [6.45, 7) is 9.78. The summed E-state index contributed by atoms with van der Waals surface area (Å²) in [5.41, 5.74) is 1.82. The van der Waals surface area contributed by atoms with E-state index in [0.717, 1.165) is 22.9 Å². The third kappa shape index (κ3) is 10.2. The highest BCUT2D eigenvalue weighted by Crippen LogP contribution is 2.18. The highest BCUT2D eigenvalue weighted by molar-refractivity contribution is 7.80. The van der Waals surface area contributed by atoms with Gasteiger partial charge in [0.2, 0.25) is 15.2 Å². The molecule has 6 heteroatoms. The van der Waals surface area contributed by atoms with Gasteiger partial charge < -0.3 is 20.1 Å². The number of rotatable bonds is 8. The van der Waals surface area contributed by atoms with Gasteiger partial charge in [0, 0.05) is 11.4 Å². The number of benzene rings is 2. The van der Waals surface area contributed by atoms with Gasteiger partial charge in [-0.15, -0.1) is 10.6 Å².